The molecule has 0 aliphatic carbocycles. The van der Waals surface area contributed by atoms with E-state index in [-0.39, 0.29) is 5.91 Å². The molecule has 3 nitrogen and oxygen atoms in total. The van der Waals surface area contributed by atoms with Crippen LogP contribution in [0.5, 0.6) is 0 Å². The van der Waals surface area contributed by atoms with Crippen LogP contribution in [0.2, 0.25) is 0 Å². The fourth-order valence-electron chi connectivity index (χ4n) is 1.93. The zero-order valence-corrected chi connectivity index (χ0v) is 12.6. The quantitative estimate of drug-likeness (QED) is 0.894. The Hall–Kier alpha value is -0.520. The Balaban J connectivity index is 1.97. The maximum absolute atomic E-state index is 11.9. The van der Waals surface area contributed by atoms with Gasteiger partial charge < -0.3 is 10.4 Å². The van der Waals surface area contributed by atoms with Gasteiger partial charge in [0.05, 0.1) is 0 Å². The molecule has 2 rings (SSSR count). The number of rotatable bonds is 3. The van der Waals surface area contributed by atoms with Gasteiger partial charge in [0, 0.05) is 16.8 Å². The third-order valence-corrected chi connectivity index (χ3v) is 4.84. The van der Waals surface area contributed by atoms with Gasteiger partial charge in [-0.05, 0) is 42.4 Å². The lowest BCUT2D eigenvalue weighted by atomic mass is 10.0. The summed E-state index contributed by atoms with van der Waals surface area (Å²) in [5.41, 5.74) is 1.02. The lowest BCUT2D eigenvalue weighted by Crippen LogP contribution is -2.46. The summed E-state index contributed by atoms with van der Waals surface area (Å²) in [5, 5.41) is 12.9. The molecule has 5 heteroatoms. The minimum atomic E-state index is -1.17. The van der Waals surface area contributed by atoms with E-state index in [1.165, 1.54) is 0 Å². The van der Waals surface area contributed by atoms with E-state index in [9.17, 15) is 9.90 Å². The second kappa shape index (κ2) is 5.63. The summed E-state index contributed by atoms with van der Waals surface area (Å²) >= 11 is 5.03. The van der Waals surface area contributed by atoms with E-state index < -0.39 is 5.60 Å². The SMILES string of the molecule is Cc1cc(Br)ccc1CNC(=O)C1(O)CCSC1. The van der Waals surface area contributed by atoms with Crippen molar-refractivity contribution in [3.63, 3.8) is 0 Å². The minimum Gasteiger partial charge on any atom is -0.379 e. The monoisotopic (exact) mass is 329 g/mol. The van der Waals surface area contributed by atoms with Crippen molar-refractivity contribution in [1.29, 1.82) is 0 Å². The topological polar surface area (TPSA) is 49.3 Å². The van der Waals surface area contributed by atoms with Crippen LogP contribution in [0.25, 0.3) is 0 Å². The van der Waals surface area contributed by atoms with Crippen LogP contribution in [0, 0.1) is 6.92 Å². The molecule has 1 heterocycles. The first kappa shape index (κ1) is 13.9. The largest absolute Gasteiger partial charge is 0.379 e. The Labute approximate surface area is 119 Å². The third kappa shape index (κ3) is 3.08. The van der Waals surface area contributed by atoms with Gasteiger partial charge in [-0.3, -0.25) is 4.79 Å². The smallest absolute Gasteiger partial charge is 0.253 e. The van der Waals surface area contributed by atoms with Crippen LogP contribution < -0.4 is 5.32 Å². The average Bonchev–Trinajstić information content (AvgIpc) is 2.76. The van der Waals surface area contributed by atoms with Crippen molar-refractivity contribution >= 4 is 33.6 Å². The molecule has 0 saturated carbocycles. The summed E-state index contributed by atoms with van der Waals surface area (Å²) in [6, 6.07) is 5.95. The van der Waals surface area contributed by atoms with E-state index in [0.717, 1.165) is 21.4 Å². The number of carbonyl (C=O) groups excluding carboxylic acids is 1. The highest BCUT2D eigenvalue weighted by atomic mass is 79.9. The molecule has 0 bridgehead atoms. The predicted molar refractivity (Wildman–Crippen MR) is 77.6 cm³/mol. The average molecular weight is 330 g/mol. The highest BCUT2D eigenvalue weighted by Gasteiger charge is 2.39. The summed E-state index contributed by atoms with van der Waals surface area (Å²) in [6.07, 6.45) is 0.544. The molecule has 1 amide bonds. The molecular weight excluding hydrogens is 314 g/mol. The van der Waals surface area contributed by atoms with E-state index in [1.807, 2.05) is 25.1 Å². The molecule has 1 fully saturated rings. The molecule has 1 atom stereocenters. The van der Waals surface area contributed by atoms with Crippen LogP contribution in [0.1, 0.15) is 17.5 Å². The van der Waals surface area contributed by atoms with E-state index in [2.05, 4.69) is 21.2 Å². The van der Waals surface area contributed by atoms with Crippen LogP contribution in [-0.2, 0) is 11.3 Å². The molecule has 1 aromatic carbocycles. The van der Waals surface area contributed by atoms with Crippen LogP contribution in [-0.4, -0.2) is 28.1 Å². The molecule has 0 spiro atoms. The van der Waals surface area contributed by atoms with Gasteiger partial charge in [-0.2, -0.15) is 11.8 Å². The first-order valence-corrected chi connectivity index (χ1v) is 7.79. The van der Waals surface area contributed by atoms with Gasteiger partial charge in [-0.15, -0.1) is 0 Å². The predicted octanol–water partition coefficient (Wildman–Crippen LogP) is 2.24. The van der Waals surface area contributed by atoms with E-state index in [4.69, 9.17) is 0 Å². The maximum Gasteiger partial charge on any atom is 0.253 e. The highest BCUT2D eigenvalue weighted by molar-refractivity contribution is 9.10. The Kier molecular flexibility index (Phi) is 4.35. The zero-order chi connectivity index (χ0) is 13.2. The fraction of sp³-hybridized carbons (Fsp3) is 0.462. The summed E-state index contributed by atoms with van der Waals surface area (Å²) in [5.74, 6) is 1.09. The summed E-state index contributed by atoms with van der Waals surface area (Å²) in [4.78, 5) is 11.9. The number of halogens is 1. The second-order valence-corrected chi connectivity index (χ2v) is 6.61. The van der Waals surface area contributed by atoms with Crippen molar-refractivity contribution in [3.8, 4) is 0 Å². The minimum absolute atomic E-state index is 0.255. The van der Waals surface area contributed by atoms with Gasteiger partial charge in [0.1, 0.15) is 0 Å². The molecule has 18 heavy (non-hydrogen) atoms. The third-order valence-electron chi connectivity index (χ3n) is 3.17. The van der Waals surface area contributed by atoms with Crippen molar-refractivity contribution in [3.05, 3.63) is 33.8 Å². The molecule has 1 aromatic rings. The van der Waals surface area contributed by atoms with Gasteiger partial charge in [0.15, 0.2) is 5.60 Å². The van der Waals surface area contributed by atoms with Gasteiger partial charge >= 0.3 is 0 Å². The number of hydrogen-bond acceptors (Lipinski definition) is 3. The highest BCUT2D eigenvalue weighted by Crippen LogP contribution is 2.28. The summed E-state index contributed by atoms with van der Waals surface area (Å²) < 4.78 is 1.03. The molecule has 0 radical (unpaired) electrons. The molecule has 1 aliphatic rings. The maximum atomic E-state index is 11.9. The van der Waals surface area contributed by atoms with E-state index in [0.29, 0.717) is 18.7 Å². The van der Waals surface area contributed by atoms with Crippen molar-refractivity contribution in [1.82, 2.24) is 5.32 Å². The molecule has 1 saturated heterocycles. The van der Waals surface area contributed by atoms with Crippen LogP contribution in [0.3, 0.4) is 0 Å². The van der Waals surface area contributed by atoms with Crippen molar-refractivity contribution < 1.29 is 9.90 Å². The molecule has 98 valence electrons. The van der Waals surface area contributed by atoms with Gasteiger partial charge in [0.2, 0.25) is 0 Å². The molecule has 1 unspecified atom stereocenters. The van der Waals surface area contributed by atoms with Crippen molar-refractivity contribution in [2.75, 3.05) is 11.5 Å². The standard InChI is InChI=1S/C13H16BrNO2S/c1-9-6-11(14)3-2-10(9)7-15-12(16)13(17)4-5-18-8-13/h2-3,6,17H,4-5,7-8H2,1H3,(H,15,16). The van der Waals surface area contributed by atoms with Gasteiger partial charge in [-0.25, -0.2) is 0 Å². The Morgan fingerprint density at radius 3 is 3.00 bits per heavy atom. The number of benzene rings is 1. The zero-order valence-electron chi connectivity index (χ0n) is 10.2. The first-order valence-electron chi connectivity index (χ1n) is 5.85. The van der Waals surface area contributed by atoms with Gasteiger partial charge in [-0.1, -0.05) is 22.0 Å². The number of carbonyl (C=O) groups is 1. The Bertz CT molecular complexity index is 458. The van der Waals surface area contributed by atoms with Crippen LogP contribution in [0.15, 0.2) is 22.7 Å². The molecular formula is C13H16BrNO2S. The fourth-order valence-corrected chi connectivity index (χ4v) is 3.65. The Morgan fingerprint density at radius 1 is 1.61 bits per heavy atom. The lowest BCUT2D eigenvalue weighted by Gasteiger charge is -2.20. The number of amides is 1. The molecule has 1 aliphatic heterocycles. The van der Waals surface area contributed by atoms with Crippen molar-refractivity contribution in [2.45, 2.75) is 25.5 Å². The van der Waals surface area contributed by atoms with Crippen LogP contribution in [0.4, 0.5) is 0 Å². The number of aliphatic hydroxyl groups is 1. The van der Waals surface area contributed by atoms with Crippen molar-refractivity contribution in [2.24, 2.45) is 0 Å². The normalized spacial score (nSPS) is 23.1. The molecule has 0 aromatic heterocycles. The summed E-state index contributed by atoms with van der Waals surface area (Å²) in [7, 11) is 0. The number of nitrogens with one attached hydrogen (secondary N) is 1. The summed E-state index contributed by atoms with van der Waals surface area (Å²) in [6.45, 7) is 2.47. The number of thioether (sulfide) groups is 1. The second-order valence-electron chi connectivity index (χ2n) is 4.59. The number of aryl methyl sites for hydroxylation is 1. The van der Waals surface area contributed by atoms with E-state index >= 15 is 0 Å². The number of hydrogen-bond donors (Lipinski definition) is 2. The lowest BCUT2D eigenvalue weighted by molar-refractivity contribution is -0.137. The van der Waals surface area contributed by atoms with E-state index in [1.54, 1.807) is 11.8 Å². The van der Waals surface area contributed by atoms with Crippen LogP contribution >= 0.6 is 27.7 Å². The van der Waals surface area contributed by atoms with Gasteiger partial charge in [0.25, 0.3) is 5.91 Å². The Morgan fingerprint density at radius 2 is 2.39 bits per heavy atom. The molecule has 2 N–H and O–H groups in total. The first-order chi connectivity index (χ1) is 8.51.